The van der Waals surface area contributed by atoms with Crippen LogP contribution in [-0.2, 0) is 12.8 Å². The van der Waals surface area contributed by atoms with Crippen molar-refractivity contribution in [1.82, 2.24) is 0 Å². The molecule has 0 saturated carbocycles. The van der Waals surface area contributed by atoms with Crippen molar-refractivity contribution < 1.29 is 4.73 Å². The molecule has 1 heterocycles. The van der Waals surface area contributed by atoms with Crippen molar-refractivity contribution in [3.8, 4) is 0 Å². The van der Waals surface area contributed by atoms with Gasteiger partial charge >= 0.3 is 0 Å². The highest BCUT2D eigenvalue weighted by Gasteiger charge is 2.16. The lowest BCUT2D eigenvalue weighted by Crippen LogP contribution is -2.34. The van der Waals surface area contributed by atoms with E-state index in [4.69, 9.17) is 23.2 Å². The Morgan fingerprint density at radius 2 is 1.92 bits per heavy atom. The number of nitrogens with zero attached hydrogens (tertiary/aromatic N) is 1. The Hall–Kier alpha value is -0.470. The topological polar surface area (TPSA) is 26.9 Å². The molecule has 1 rings (SSSR count). The second kappa shape index (κ2) is 4.16. The predicted molar refractivity (Wildman–Crippen MR) is 54.2 cm³/mol. The van der Waals surface area contributed by atoms with Crippen LogP contribution in [0.15, 0.2) is 6.07 Å². The van der Waals surface area contributed by atoms with Gasteiger partial charge in [-0.3, -0.25) is 0 Å². The van der Waals surface area contributed by atoms with Gasteiger partial charge in [-0.2, -0.15) is 4.73 Å². The van der Waals surface area contributed by atoms with Crippen molar-refractivity contribution in [1.29, 1.82) is 0 Å². The molecule has 4 heteroatoms. The summed E-state index contributed by atoms with van der Waals surface area (Å²) in [7, 11) is 0. The molecule has 13 heavy (non-hydrogen) atoms. The fraction of sp³-hybridized carbons (Fsp3) is 0.444. The highest BCUT2D eigenvalue weighted by atomic mass is 35.5. The summed E-state index contributed by atoms with van der Waals surface area (Å²) in [5.74, 6) is 0. The van der Waals surface area contributed by atoms with E-state index in [0.29, 0.717) is 23.6 Å². The SMILES string of the molecule is CCc1c(Cl)cc(CC)[n+]([O-])c1Cl. The Morgan fingerprint density at radius 1 is 1.31 bits per heavy atom. The van der Waals surface area contributed by atoms with E-state index in [1.807, 2.05) is 13.8 Å². The molecule has 0 aliphatic carbocycles. The van der Waals surface area contributed by atoms with Crippen molar-refractivity contribution in [3.05, 3.63) is 32.7 Å². The second-order valence-electron chi connectivity index (χ2n) is 2.75. The fourth-order valence-electron chi connectivity index (χ4n) is 1.20. The molecule has 0 aliphatic heterocycles. The molecular formula is C9H11Cl2NO. The van der Waals surface area contributed by atoms with Gasteiger partial charge in [0.15, 0.2) is 5.69 Å². The zero-order chi connectivity index (χ0) is 10.0. The van der Waals surface area contributed by atoms with Gasteiger partial charge < -0.3 is 5.21 Å². The first-order chi connectivity index (χ1) is 6.11. The molecule has 0 spiro atoms. The molecule has 0 atom stereocenters. The van der Waals surface area contributed by atoms with Gasteiger partial charge in [0.25, 0.3) is 5.15 Å². The van der Waals surface area contributed by atoms with E-state index in [0.717, 1.165) is 10.3 Å². The third-order valence-corrected chi connectivity index (χ3v) is 2.70. The van der Waals surface area contributed by atoms with Crippen LogP contribution in [0.1, 0.15) is 25.1 Å². The normalized spacial score (nSPS) is 10.5. The number of pyridine rings is 1. The van der Waals surface area contributed by atoms with Gasteiger partial charge in [-0.25, -0.2) is 0 Å². The van der Waals surface area contributed by atoms with E-state index in [-0.39, 0.29) is 5.15 Å². The molecule has 0 fully saturated rings. The third-order valence-electron chi connectivity index (χ3n) is 1.99. The van der Waals surface area contributed by atoms with Crippen molar-refractivity contribution in [2.45, 2.75) is 26.7 Å². The van der Waals surface area contributed by atoms with Crippen LogP contribution in [0.3, 0.4) is 0 Å². The lowest BCUT2D eigenvalue weighted by molar-refractivity contribution is -0.611. The number of halogens is 2. The maximum Gasteiger partial charge on any atom is 0.291 e. The van der Waals surface area contributed by atoms with Gasteiger partial charge in [0, 0.05) is 12.5 Å². The van der Waals surface area contributed by atoms with Crippen LogP contribution in [0.5, 0.6) is 0 Å². The van der Waals surface area contributed by atoms with Crippen molar-refractivity contribution in [2.24, 2.45) is 0 Å². The first kappa shape index (κ1) is 10.6. The summed E-state index contributed by atoms with van der Waals surface area (Å²) in [6.45, 7) is 3.81. The molecule has 0 aliphatic rings. The Balaban J connectivity index is 3.37. The largest absolute Gasteiger partial charge is 0.617 e. The van der Waals surface area contributed by atoms with Crippen molar-refractivity contribution in [3.63, 3.8) is 0 Å². The molecule has 0 N–H and O–H groups in total. The Bertz CT molecular complexity index is 326. The average Bonchev–Trinajstić information content (AvgIpc) is 2.12. The van der Waals surface area contributed by atoms with Gasteiger partial charge in [-0.1, -0.05) is 25.4 Å². The van der Waals surface area contributed by atoms with Gasteiger partial charge in [0.05, 0.1) is 10.6 Å². The molecule has 1 aromatic heterocycles. The lowest BCUT2D eigenvalue weighted by Gasteiger charge is -2.08. The standard InChI is InChI=1S/C9H11Cl2NO/c1-3-6-5-8(10)7(4-2)9(11)12(6)13/h5H,3-4H2,1-2H3. The Morgan fingerprint density at radius 3 is 2.38 bits per heavy atom. The maximum absolute atomic E-state index is 11.5. The second-order valence-corrected chi connectivity index (χ2v) is 3.52. The van der Waals surface area contributed by atoms with Gasteiger partial charge in [-0.05, 0) is 18.0 Å². The molecular weight excluding hydrogens is 209 g/mol. The summed E-state index contributed by atoms with van der Waals surface area (Å²) in [6.07, 6.45) is 1.30. The van der Waals surface area contributed by atoms with Crippen molar-refractivity contribution >= 4 is 23.2 Å². The van der Waals surface area contributed by atoms with Crippen LogP contribution >= 0.6 is 23.2 Å². The summed E-state index contributed by atoms with van der Waals surface area (Å²) >= 11 is 11.8. The summed E-state index contributed by atoms with van der Waals surface area (Å²) in [4.78, 5) is 0. The fourth-order valence-corrected chi connectivity index (χ4v) is 1.94. The van der Waals surface area contributed by atoms with E-state index >= 15 is 0 Å². The summed E-state index contributed by atoms with van der Waals surface area (Å²) in [6, 6.07) is 1.68. The Kier molecular flexibility index (Phi) is 3.40. The molecule has 0 amide bonds. The van der Waals surface area contributed by atoms with Gasteiger partial charge in [-0.15, -0.1) is 0 Å². The van der Waals surface area contributed by atoms with E-state index in [2.05, 4.69) is 0 Å². The zero-order valence-electron chi connectivity index (χ0n) is 7.60. The Labute approximate surface area is 87.7 Å². The van der Waals surface area contributed by atoms with E-state index in [1.54, 1.807) is 6.07 Å². The summed E-state index contributed by atoms with van der Waals surface area (Å²) < 4.78 is 0.742. The number of aryl methyl sites for hydroxylation is 1. The number of rotatable bonds is 2. The number of aromatic nitrogens is 1. The average molecular weight is 220 g/mol. The van der Waals surface area contributed by atoms with Gasteiger partial charge in [0.1, 0.15) is 0 Å². The predicted octanol–water partition coefficient (Wildman–Crippen LogP) is 2.75. The number of hydrogen-bond acceptors (Lipinski definition) is 1. The van der Waals surface area contributed by atoms with Crippen molar-refractivity contribution in [2.75, 3.05) is 0 Å². The van der Waals surface area contributed by atoms with Gasteiger partial charge in [0.2, 0.25) is 0 Å². The maximum atomic E-state index is 11.5. The quantitative estimate of drug-likeness (QED) is 0.427. The van der Waals surface area contributed by atoms with Crippen LogP contribution < -0.4 is 4.73 Å². The first-order valence-corrected chi connectivity index (χ1v) is 4.96. The van der Waals surface area contributed by atoms with Crippen LogP contribution in [0.4, 0.5) is 0 Å². The monoisotopic (exact) mass is 219 g/mol. The highest BCUT2D eigenvalue weighted by Crippen LogP contribution is 2.22. The minimum atomic E-state index is 0.201. The molecule has 72 valence electrons. The molecule has 0 radical (unpaired) electrons. The first-order valence-electron chi connectivity index (χ1n) is 4.21. The molecule has 0 bridgehead atoms. The highest BCUT2D eigenvalue weighted by molar-refractivity contribution is 6.34. The molecule has 1 aromatic rings. The lowest BCUT2D eigenvalue weighted by atomic mass is 10.2. The minimum absolute atomic E-state index is 0.201. The molecule has 2 nitrogen and oxygen atoms in total. The minimum Gasteiger partial charge on any atom is -0.617 e. The van der Waals surface area contributed by atoms with Crippen LogP contribution in [-0.4, -0.2) is 0 Å². The number of hydrogen-bond donors (Lipinski definition) is 0. The van der Waals surface area contributed by atoms with Crippen LogP contribution in [0.25, 0.3) is 0 Å². The van der Waals surface area contributed by atoms with E-state index in [9.17, 15) is 5.21 Å². The molecule has 0 unspecified atom stereocenters. The van der Waals surface area contributed by atoms with Crippen LogP contribution in [0.2, 0.25) is 10.2 Å². The summed E-state index contributed by atoms with van der Waals surface area (Å²) in [5, 5.41) is 12.2. The summed E-state index contributed by atoms with van der Waals surface area (Å²) in [5.41, 5.74) is 1.32. The molecule has 0 aromatic carbocycles. The van der Waals surface area contributed by atoms with E-state index < -0.39 is 0 Å². The third kappa shape index (κ3) is 1.89. The zero-order valence-corrected chi connectivity index (χ0v) is 9.11. The van der Waals surface area contributed by atoms with Crippen LogP contribution in [0, 0.1) is 5.21 Å². The van der Waals surface area contributed by atoms with E-state index in [1.165, 1.54) is 0 Å². The molecule has 0 saturated heterocycles. The smallest absolute Gasteiger partial charge is 0.291 e.